The fraction of sp³-hybridized carbons (Fsp3) is 0.267. The van der Waals surface area contributed by atoms with Gasteiger partial charge in [0.25, 0.3) is 0 Å². The summed E-state index contributed by atoms with van der Waals surface area (Å²) < 4.78 is 0. The van der Waals surface area contributed by atoms with Gasteiger partial charge in [-0.3, -0.25) is 4.99 Å². The molecule has 0 fully saturated rings. The molecule has 0 bridgehead atoms. The van der Waals surface area contributed by atoms with E-state index in [2.05, 4.69) is 4.99 Å². The van der Waals surface area contributed by atoms with Gasteiger partial charge in [-0.1, -0.05) is 30.3 Å². The van der Waals surface area contributed by atoms with Crippen molar-refractivity contribution >= 4 is 17.0 Å². The van der Waals surface area contributed by atoms with Crippen LogP contribution in [0.25, 0.3) is 10.8 Å². The summed E-state index contributed by atoms with van der Waals surface area (Å²) in [5.41, 5.74) is -0.352. The first-order valence-corrected chi connectivity index (χ1v) is 6.07. The number of phenolic OH excluding ortho intramolecular Hbond substituents is 1. The summed E-state index contributed by atoms with van der Waals surface area (Å²) in [5, 5.41) is 30.2. The summed E-state index contributed by atoms with van der Waals surface area (Å²) in [7, 11) is 0. The Morgan fingerprint density at radius 3 is 2.47 bits per heavy atom. The van der Waals surface area contributed by atoms with E-state index in [9.17, 15) is 15.3 Å². The maximum Gasteiger partial charge on any atom is 0.124 e. The SMILES string of the molecule is CC(CO)(CO)N=Cc1c(O)ccc2ccccc12. The fourth-order valence-corrected chi connectivity index (χ4v) is 1.77. The minimum Gasteiger partial charge on any atom is -0.507 e. The molecule has 0 radical (unpaired) electrons. The van der Waals surface area contributed by atoms with Gasteiger partial charge in [-0.25, -0.2) is 0 Å². The maximum absolute atomic E-state index is 9.93. The van der Waals surface area contributed by atoms with Gasteiger partial charge in [-0.2, -0.15) is 0 Å². The molecule has 2 aromatic rings. The Morgan fingerprint density at radius 1 is 1.11 bits per heavy atom. The molecule has 0 aliphatic rings. The maximum atomic E-state index is 9.93. The molecule has 0 saturated heterocycles. The third-order valence-corrected chi connectivity index (χ3v) is 3.13. The van der Waals surface area contributed by atoms with E-state index in [1.807, 2.05) is 30.3 Å². The largest absolute Gasteiger partial charge is 0.507 e. The molecule has 0 aromatic heterocycles. The standard InChI is InChI=1S/C15H17NO3/c1-15(9-17,10-18)16-8-13-12-5-3-2-4-11(12)6-7-14(13)19/h2-8,17-19H,9-10H2,1H3. The molecule has 0 heterocycles. The zero-order valence-electron chi connectivity index (χ0n) is 10.7. The van der Waals surface area contributed by atoms with Crippen molar-refractivity contribution in [1.82, 2.24) is 0 Å². The molecule has 0 aliphatic heterocycles. The number of benzene rings is 2. The molecule has 0 unspecified atom stereocenters. The summed E-state index contributed by atoms with van der Waals surface area (Å²) in [6.45, 7) is 1.13. The van der Waals surface area contributed by atoms with Gasteiger partial charge in [-0.05, 0) is 23.8 Å². The number of aliphatic imine (C=N–C) groups is 1. The summed E-state index contributed by atoms with van der Waals surface area (Å²) in [4.78, 5) is 4.19. The summed E-state index contributed by atoms with van der Waals surface area (Å²) in [5.74, 6) is 0.126. The third-order valence-electron chi connectivity index (χ3n) is 3.13. The average Bonchev–Trinajstić information content (AvgIpc) is 2.46. The lowest BCUT2D eigenvalue weighted by molar-refractivity contribution is 0.136. The van der Waals surface area contributed by atoms with Crippen LogP contribution >= 0.6 is 0 Å². The number of hydrogen-bond acceptors (Lipinski definition) is 4. The Kier molecular flexibility index (Phi) is 3.83. The molecular formula is C15H17NO3. The van der Waals surface area contributed by atoms with Crippen LogP contribution in [0.4, 0.5) is 0 Å². The number of rotatable bonds is 4. The van der Waals surface area contributed by atoms with Crippen molar-refractivity contribution < 1.29 is 15.3 Å². The van der Waals surface area contributed by atoms with E-state index in [0.29, 0.717) is 5.56 Å². The first-order chi connectivity index (χ1) is 9.09. The number of nitrogens with zero attached hydrogens (tertiary/aromatic N) is 1. The third kappa shape index (κ3) is 2.75. The molecule has 0 atom stereocenters. The van der Waals surface area contributed by atoms with Crippen LogP contribution in [0.5, 0.6) is 5.75 Å². The van der Waals surface area contributed by atoms with Crippen LogP contribution in [-0.4, -0.2) is 40.3 Å². The second-order valence-corrected chi connectivity index (χ2v) is 4.79. The smallest absolute Gasteiger partial charge is 0.124 e. The van der Waals surface area contributed by atoms with Crippen molar-refractivity contribution in [1.29, 1.82) is 0 Å². The van der Waals surface area contributed by atoms with Gasteiger partial charge in [0.1, 0.15) is 11.3 Å². The van der Waals surface area contributed by atoms with Crippen LogP contribution in [-0.2, 0) is 0 Å². The Labute approximate surface area is 111 Å². The van der Waals surface area contributed by atoms with Gasteiger partial charge in [-0.15, -0.1) is 0 Å². The van der Waals surface area contributed by atoms with Crippen molar-refractivity contribution in [2.75, 3.05) is 13.2 Å². The van der Waals surface area contributed by atoms with Crippen molar-refractivity contribution in [3.63, 3.8) is 0 Å². The number of fused-ring (bicyclic) bond motifs is 1. The molecule has 100 valence electrons. The minimum absolute atomic E-state index is 0.126. The molecule has 2 aromatic carbocycles. The summed E-state index contributed by atoms with van der Waals surface area (Å²) in [6, 6.07) is 11.1. The Morgan fingerprint density at radius 2 is 1.79 bits per heavy atom. The first-order valence-electron chi connectivity index (χ1n) is 6.07. The highest BCUT2D eigenvalue weighted by Crippen LogP contribution is 2.26. The van der Waals surface area contributed by atoms with Crippen LogP contribution in [0.3, 0.4) is 0 Å². The van der Waals surface area contributed by atoms with Crippen molar-refractivity contribution in [2.45, 2.75) is 12.5 Å². The molecule has 3 N–H and O–H groups in total. The lowest BCUT2D eigenvalue weighted by Crippen LogP contribution is -2.31. The Bertz CT molecular complexity index is 603. The molecule has 0 aliphatic carbocycles. The van der Waals surface area contributed by atoms with E-state index in [0.717, 1.165) is 10.8 Å². The fourth-order valence-electron chi connectivity index (χ4n) is 1.77. The molecule has 4 heteroatoms. The Hall–Kier alpha value is -1.91. The quantitative estimate of drug-likeness (QED) is 0.732. The summed E-state index contributed by atoms with van der Waals surface area (Å²) in [6.07, 6.45) is 1.50. The van der Waals surface area contributed by atoms with E-state index < -0.39 is 5.54 Å². The van der Waals surface area contributed by atoms with Crippen LogP contribution in [0.2, 0.25) is 0 Å². The Balaban J connectivity index is 2.50. The zero-order valence-corrected chi connectivity index (χ0v) is 10.7. The van der Waals surface area contributed by atoms with Gasteiger partial charge in [0.05, 0.1) is 13.2 Å². The lowest BCUT2D eigenvalue weighted by atomic mass is 10.0. The lowest BCUT2D eigenvalue weighted by Gasteiger charge is -2.19. The van der Waals surface area contributed by atoms with Crippen molar-refractivity contribution in [2.24, 2.45) is 4.99 Å². The molecule has 4 nitrogen and oxygen atoms in total. The van der Waals surface area contributed by atoms with E-state index in [1.54, 1.807) is 13.0 Å². The topological polar surface area (TPSA) is 73.0 Å². The number of aliphatic hydroxyl groups is 2. The number of aromatic hydroxyl groups is 1. The normalized spacial score (nSPS) is 12.4. The highest BCUT2D eigenvalue weighted by atomic mass is 16.3. The molecular weight excluding hydrogens is 242 g/mol. The summed E-state index contributed by atoms with van der Waals surface area (Å²) >= 11 is 0. The van der Waals surface area contributed by atoms with E-state index in [-0.39, 0.29) is 19.0 Å². The minimum atomic E-state index is -0.941. The van der Waals surface area contributed by atoms with Crippen LogP contribution in [0.1, 0.15) is 12.5 Å². The number of hydrogen-bond donors (Lipinski definition) is 3. The predicted molar refractivity (Wildman–Crippen MR) is 75.8 cm³/mol. The van der Waals surface area contributed by atoms with Gasteiger partial charge >= 0.3 is 0 Å². The zero-order chi connectivity index (χ0) is 13.9. The van der Waals surface area contributed by atoms with Crippen LogP contribution in [0, 0.1) is 0 Å². The van der Waals surface area contributed by atoms with E-state index in [1.165, 1.54) is 6.21 Å². The van der Waals surface area contributed by atoms with Crippen molar-refractivity contribution in [3.8, 4) is 5.75 Å². The van der Waals surface area contributed by atoms with E-state index >= 15 is 0 Å². The monoisotopic (exact) mass is 259 g/mol. The van der Waals surface area contributed by atoms with Gasteiger partial charge in [0.2, 0.25) is 0 Å². The number of phenols is 1. The molecule has 2 rings (SSSR count). The van der Waals surface area contributed by atoms with Crippen molar-refractivity contribution in [3.05, 3.63) is 42.0 Å². The van der Waals surface area contributed by atoms with Gasteiger partial charge < -0.3 is 15.3 Å². The van der Waals surface area contributed by atoms with Crippen LogP contribution in [0.15, 0.2) is 41.4 Å². The average molecular weight is 259 g/mol. The highest BCUT2D eigenvalue weighted by Gasteiger charge is 2.20. The number of aliphatic hydroxyl groups excluding tert-OH is 2. The first kappa shape index (κ1) is 13.5. The molecule has 0 saturated carbocycles. The highest BCUT2D eigenvalue weighted by molar-refractivity contribution is 6.02. The van der Waals surface area contributed by atoms with Gasteiger partial charge in [0, 0.05) is 11.8 Å². The molecule has 19 heavy (non-hydrogen) atoms. The second-order valence-electron chi connectivity index (χ2n) is 4.79. The van der Waals surface area contributed by atoms with E-state index in [4.69, 9.17) is 0 Å². The van der Waals surface area contributed by atoms with Gasteiger partial charge in [0.15, 0.2) is 0 Å². The molecule has 0 spiro atoms. The van der Waals surface area contributed by atoms with Crippen LogP contribution < -0.4 is 0 Å². The predicted octanol–water partition coefficient (Wildman–Crippen LogP) is 1.71. The molecule has 0 amide bonds. The second kappa shape index (κ2) is 5.38.